The third-order valence-corrected chi connectivity index (χ3v) is 2.69. The molecule has 1 fully saturated rings. The van der Waals surface area contributed by atoms with Gasteiger partial charge in [-0.25, -0.2) is 0 Å². The van der Waals surface area contributed by atoms with E-state index in [9.17, 15) is 4.79 Å². The lowest BCUT2D eigenvalue weighted by molar-refractivity contribution is -0.105. The first-order chi connectivity index (χ1) is 6.92. The topological polar surface area (TPSA) is 41.6 Å². The standard InChI is InChI=1S/C10H16N2O2/c13-8-9-2-1-3-11-10(9)12-4-6-14-7-5-12/h8,11H,1-7H2. The van der Waals surface area contributed by atoms with E-state index in [1.54, 1.807) is 0 Å². The van der Waals surface area contributed by atoms with E-state index in [-0.39, 0.29) is 0 Å². The molecule has 0 radical (unpaired) electrons. The molecule has 2 heterocycles. The molecular formula is C10H16N2O2. The van der Waals surface area contributed by atoms with Gasteiger partial charge in [-0.15, -0.1) is 0 Å². The van der Waals surface area contributed by atoms with Crippen LogP contribution >= 0.6 is 0 Å². The Labute approximate surface area is 83.9 Å². The molecule has 0 saturated carbocycles. The molecule has 2 rings (SSSR count). The van der Waals surface area contributed by atoms with Gasteiger partial charge in [-0.1, -0.05) is 0 Å². The SMILES string of the molecule is O=CC1=C(N2CCOCC2)NCCC1. The van der Waals surface area contributed by atoms with Crippen molar-refractivity contribution in [2.45, 2.75) is 12.8 Å². The molecule has 0 aromatic rings. The zero-order chi connectivity index (χ0) is 9.80. The van der Waals surface area contributed by atoms with Crippen LogP contribution in [0.1, 0.15) is 12.8 Å². The molecule has 0 spiro atoms. The van der Waals surface area contributed by atoms with Gasteiger partial charge in [-0.3, -0.25) is 4.79 Å². The zero-order valence-corrected chi connectivity index (χ0v) is 8.29. The van der Waals surface area contributed by atoms with E-state index in [0.717, 1.165) is 63.4 Å². The minimum absolute atomic E-state index is 0.761. The summed E-state index contributed by atoms with van der Waals surface area (Å²) < 4.78 is 5.28. The number of hydrogen-bond acceptors (Lipinski definition) is 4. The van der Waals surface area contributed by atoms with Gasteiger partial charge in [-0.2, -0.15) is 0 Å². The van der Waals surface area contributed by atoms with Crippen molar-refractivity contribution in [2.75, 3.05) is 32.8 Å². The summed E-state index contributed by atoms with van der Waals surface area (Å²) in [5.41, 5.74) is 0.915. The minimum Gasteiger partial charge on any atom is -0.378 e. The first-order valence-corrected chi connectivity index (χ1v) is 5.16. The Morgan fingerprint density at radius 1 is 1.36 bits per heavy atom. The summed E-state index contributed by atoms with van der Waals surface area (Å²) in [5, 5.41) is 3.31. The van der Waals surface area contributed by atoms with Crippen molar-refractivity contribution in [3.8, 4) is 0 Å². The number of rotatable bonds is 2. The lowest BCUT2D eigenvalue weighted by Crippen LogP contribution is -2.42. The average molecular weight is 196 g/mol. The van der Waals surface area contributed by atoms with Crippen LogP contribution in [0, 0.1) is 0 Å². The van der Waals surface area contributed by atoms with Crippen molar-refractivity contribution in [2.24, 2.45) is 0 Å². The summed E-state index contributed by atoms with van der Waals surface area (Å²) >= 11 is 0. The van der Waals surface area contributed by atoms with Crippen LogP contribution in [-0.2, 0) is 9.53 Å². The van der Waals surface area contributed by atoms with Crippen LogP contribution in [0.3, 0.4) is 0 Å². The Bertz CT molecular complexity index is 245. The molecule has 78 valence electrons. The van der Waals surface area contributed by atoms with Gasteiger partial charge in [0.15, 0.2) is 0 Å². The van der Waals surface area contributed by atoms with E-state index >= 15 is 0 Å². The number of nitrogens with zero attached hydrogens (tertiary/aromatic N) is 1. The van der Waals surface area contributed by atoms with Gasteiger partial charge in [0, 0.05) is 25.2 Å². The summed E-state index contributed by atoms with van der Waals surface area (Å²) in [7, 11) is 0. The Hall–Kier alpha value is -1.03. The van der Waals surface area contributed by atoms with Crippen molar-refractivity contribution >= 4 is 6.29 Å². The van der Waals surface area contributed by atoms with Crippen LogP contribution in [0.4, 0.5) is 0 Å². The summed E-state index contributed by atoms with van der Waals surface area (Å²) in [5.74, 6) is 1.04. The van der Waals surface area contributed by atoms with Crippen LogP contribution < -0.4 is 5.32 Å². The van der Waals surface area contributed by atoms with Gasteiger partial charge in [0.05, 0.1) is 13.2 Å². The van der Waals surface area contributed by atoms with Crippen molar-refractivity contribution in [3.63, 3.8) is 0 Å². The van der Waals surface area contributed by atoms with Crippen molar-refractivity contribution in [1.82, 2.24) is 10.2 Å². The fraction of sp³-hybridized carbons (Fsp3) is 0.700. The van der Waals surface area contributed by atoms with Gasteiger partial charge in [-0.05, 0) is 12.8 Å². The van der Waals surface area contributed by atoms with Crippen molar-refractivity contribution in [3.05, 3.63) is 11.4 Å². The molecule has 14 heavy (non-hydrogen) atoms. The highest BCUT2D eigenvalue weighted by Crippen LogP contribution is 2.16. The second-order valence-electron chi connectivity index (χ2n) is 3.62. The Morgan fingerprint density at radius 3 is 2.86 bits per heavy atom. The van der Waals surface area contributed by atoms with Crippen LogP contribution in [0.2, 0.25) is 0 Å². The molecule has 1 saturated heterocycles. The van der Waals surface area contributed by atoms with E-state index in [2.05, 4.69) is 10.2 Å². The first kappa shape index (κ1) is 9.52. The van der Waals surface area contributed by atoms with E-state index in [1.165, 1.54) is 0 Å². The largest absolute Gasteiger partial charge is 0.378 e. The molecule has 0 aliphatic carbocycles. The maximum absolute atomic E-state index is 10.9. The smallest absolute Gasteiger partial charge is 0.149 e. The average Bonchev–Trinajstić information content (AvgIpc) is 2.30. The third-order valence-electron chi connectivity index (χ3n) is 2.69. The number of ether oxygens (including phenoxy) is 1. The monoisotopic (exact) mass is 196 g/mol. The zero-order valence-electron chi connectivity index (χ0n) is 8.29. The number of morpholine rings is 1. The predicted molar refractivity (Wildman–Crippen MR) is 52.7 cm³/mol. The second kappa shape index (κ2) is 4.46. The molecule has 4 nitrogen and oxygen atoms in total. The van der Waals surface area contributed by atoms with Crippen LogP contribution in [-0.4, -0.2) is 44.0 Å². The molecule has 2 aliphatic rings. The maximum Gasteiger partial charge on any atom is 0.149 e. The van der Waals surface area contributed by atoms with Gasteiger partial charge >= 0.3 is 0 Å². The summed E-state index contributed by atoms with van der Waals surface area (Å²) in [6.45, 7) is 4.28. The van der Waals surface area contributed by atoms with Gasteiger partial charge in [0.1, 0.15) is 12.1 Å². The minimum atomic E-state index is 0.761. The lowest BCUT2D eigenvalue weighted by Gasteiger charge is -2.34. The number of carbonyl (C=O) groups excluding carboxylic acids is 1. The van der Waals surface area contributed by atoms with Gasteiger partial charge < -0.3 is 15.0 Å². The molecule has 0 unspecified atom stereocenters. The van der Waals surface area contributed by atoms with Gasteiger partial charge in [0.25, 0.3) is 0 Å². The van der Waals surface area contributed by atoms with Crippen molar-refractivity contribution in [1.29, 1.82) is 0 Å². The molecule has 4 heteroatoms. The summed E-state index contributed by atoms with van der Waals surface area (Å²) in [6, 6.07) is 0. The summed E-state index contributed by atoms with van der Waals surface area (Å²) in [4.78, 5) is 13.1. The highest BCUT2D eigenvalue weighted by Gasteiger charge is 2.19. The molecular weight excluding hydrogens is 180 g/mol. The molecule has 1 N–H and O–H groups in total. The molecule has 2 aliphatic heterocycles. The van der Waals surface area contributed by atoms with E-state index in [0.29, 0.717) is 0 Å². The number of aldehydes is 1. The highest BCUT2D eigenvalue weighted by molar-refractivity contribution is 5.74. The number of allylic oxidation sites excluding steroid dienone is 1. The van der Waals surface area contributed by atoms with Crippen molar-refractivity contribution < 1.29 is 9.53 Å². The van der Waals surface area contributed by atoms with E-state index in [4.69, 9.17) is 4.74 Å². The number of nitrogens with one attached hydrogen (secondary N) is 1. The quantitative estimate of drug-likeness (QED) is 0.637. The summed E-state index contributed by atoms with van der Waals surface area (Å²) in [6.07, 6.45) is 2.95. The predicted octanol–water partition coefficient (Wildman–Crippen LogP) is 0.112. The normalized spacial score (nSPS) is 23.3. The first-order valence-electron chi connectivity index (χ1n) is 5.16. The maximum atomic E-state index is 10.9. The molecule has 0 amide bonds. The molecule has 0 atom stereocenters. The lowest BCUT2D eigenvalue weighted by atomic mass is 10.1. The molecule has 0 bridgehead atoms. The highest BCUT2D eigenvalue weighted by atomic mass is 16.5. The Balaban J connectivity index is 2.11. The van der Waals surface area contributed by atoms with Crippen LogP contribution in [0.25, 0.3) is 0 Å². The molecule has 0 aromatic heterocycles. The van der Waals surface area contributed by atoms with E-state index in [1.807, 2.05) is 0 Å². The van der Waals surface area contributed by atoms with Crippen LogP contribution in [0.15, 0.2) is 11.4 Å². The van der Waals surface area contributed by atoms with Gasteiger partial charge in [0.2, 0.25) is 0 Å². The fourth-order valence-corrected chi connectivity index (χ4v) is 1.93. The molecule has 0 aromatic carbocycles. The van der Waals surface area contributed by atoms with E-state index < -0.39 is 0 Å². The van der Waals surface area contributed by atoms with Crippen LogP contribution in [0.5, 0.6) is 0 Å². The fourth-order valence-electron chi connectivity index (χ4n) is 1.93. The Morgan fingerprint density at radius 2 is 2.14 bits per heavy atom. The Kier molecular flexibility index (Phi) is 3.03. The number of hydrogen-bond donors (Lipinski definition) is 1. The third kappa shape index (κ3) is 1.90. The second-order valence-corrected chi connectivity index (χ2v) is 3.62. The number of carbonyl (C=O) groups is 1.